The maximum absolute atomic E-state index is 13.8. The number of alkyl carbamates (subject to hydrolysis) is 2. The molecule has 0 bridgehead atoms. The molecule has 0 spiro atoms. The molecule has 0 saturated carbocycles. The van der Waals surface area contributed by atoms with E-state index in [2.05, 4.69) is 69.1 Å². The lowest BCUT2D eigenvalue weighted by Crippen LogP contribution is -2.51. The number of fused-ring (bicyclic) bond motifs is 2. The Hall–Kier alpha value is -5.92. The van der Waals surface area contributed by atoms with Gasteiger partial charge in [0.2, 0.25) is 11.8 Å². The minimum Gasteiger partial charge on any atom is -0.447 e. The number of ether oxygens (including phenoxy) is 2. The van der Waals surface area contributed by atoms with Gasteiger partial charge in [0, 0.05) is 13.1 Å². The number of hydrogen-bond donors (Lipinski definition) is 4. The number of nitrogens with zero attached hydrogens (tertiary/aromatic N) is 4. The van der Waals surface area contributed by atoms with Gasteiger partial charge in [-0.05, 0) is 112 Å². The molecular formula is C46H58N8O6. The van der Waals surface area contributed by atoms with Gasteiger partial charge in [-0.3, -0.25) is 9.59 Å². The van der Waals surface area contributed by atoms with Crippen LogP contribution in [-0.4, -0.2) is 91.1 Å². The van der Waals surface area contributed by atoms with Gasteiger partial charge in [-0.1, -0.05) is 64.1 Å². The second-order valence-electron chi connectivity index (χ2n) is 17.3. The quantitative estimate of drug-likeness (QED) is 0.0971. The number of rotatable bonds is 12. The molecule has 318 valence electrons. The van der Waals surface area contributed by atoms with Crippen molar-refractivity contribution in [1.82, 2.24) is 40.4 Å². The summed E-state index contributed by atoms with van der Waals surface area (Å²) in [5, 5.41) is 5.58. The molecule has 14 nitrogen and oxygen atoms in total. The van der Waals surface area contributed by atoms with E-state index in [1.54, 1.807) is 27.7 Å². The number of imidazole rings is 2. The van der Waals surface area contributed by atoms with Crippen molar-refractivity contribution in [2.45, 2.75) is 117 Å². The topological polar surface area (TPSA) is 175 Å². The van der Waals surface area contributed by atoms with Crippen molar-refractivity contribution in [3.05, 3.63) is 72.3 Å². The number of nitrogens with one attached hydrogen (secondary N) is 4. The van der Waals surface area contributed by atoms with Crippen LogP contribution in [0.2, 0.25) is 0 Å². The van der Waals surface area contributed by atoms with Crippen LogP contribution in [0, 0.1) is 11.8 Å². The fourth-order valence-electron chi connectivity index (χ4n) is 8.35. The Labute approximate surface area is 351 Å². The number of aromatic amines is 2. The molecule has 4 N–H and O–H groups in total. The van der Waals surface area contributed by atoms with Gasteiger partial charge in [0.1, 0.15) is 23.7 Å². The molecule has 4 heterocycles. The Morgan fingerprint density at radius 2 is 0.950 bits per heavy atom. The van der Waals surface area contributed by atoms with E-state index in [-0.39, 0.29) is 47.9 Å². The van der Waals surface area contributed by atoms with E-state index < -0.39 is 24.3 Å². The Morgan fingerprint density at radius 1 is 0.583 bits per heavy atom. The molecule has 5 aromatic rings. The number of hydrogen-bond acceptors (Lipinski definition) is 8. The number of H-pyrrole nitrogens is 2. The maximum Gasteiger partial charge on any atom is 0.408 e. The molecule has 4 unspecified atom stereocenters. The van der Waals surface area contributed by atoms with E-state index in [1.165, 1.54) is 0 Å². The van der Waals surface area contributed by atoms with Gasteiger partial charge in [-0.15, -0.1) is 0 Å². The minimum atomic E-state index is -0.703. The van der Waals surface area contributed by atoms with Gasteiger partial charge < -0.3 is 39.9 Å². The highest BCUT2D eigenvalue weighted by atomic mass is 16.6. The normalized spacial score (nSPS) is 17.9. The largest absolute Gasteiger partial charge is 0.447 e. The Bertz CT molecular complexity index is 2180. The molecule has 2 saturated heterocycles. The SMILES string of the molecule is CC(C)OC(=O)NC(C(=O)N1CCCC1c1nc2ccc(-c3ccc(-c4ccc5nc(C6CCCN6C(=O)C(NC(=O)OC(C)C)C(C)C)[nH]c5c4)cc3)cc2[nH]1)C(C)C. The predicted octanol–water partition coefficient (Wildman–Crippen LogP) is 8.42. The molecule has 4 amide bonds. The molecule has 4 atom stereocenters. The molecule has 2 fully saturated rings. The molecule has 7 rings (SSSR count). The number of benzene rings is 3. The van der Waals surface area contributed by atoms with Crippen LogP contribution in [0.1, 0.15) is 105 Å². The first-order valence-corrected chi connectivity index (χ1v) is 21.3. The highest BCUT2D eigenvalue weighted by Crippen LogP contribution is 2.36. The zero-order valence-corrected chi connectivity index (χ0v) is 35.9. The van der Waals surface area contributed by atoms with Crippen LogP contribution in [-0.2, 0) is 19.1 Å². The fraction of sp³-hybridized carbons (Fsp3) is 0.478. The second kappa shape index (κ2) is 17.7. The number of carbonyl (C=O) groups excluding carboxylic acids is 4. The lowest BCUT2D eigenvalue weighted by atomic mass is 10.00. The Morgan fingerprint density at radius 3 is 1.30 bits per heavy atom. The summed E-state index contributed by atoms with van der Waals surface area (Å²) in [5.74, 6) is 0.970. The van der Waals surface area contributed by atoms with Crippen LogP contribution in [0.3, 0.4) is 0 Å². The van der Waals surface area contributed by atoms with E-state index >= 15 is 0 Å². The molecule has 0 radical (unpaired) electrons. The molecule has 2 aliphatic rings. The first-order valence-electron chi connectivity index (χ1n) is 21.3. The average Bonchev–Trinajstić information content (AvgIpc) is 4.03. The second-order valence-corrected chi connectivity index (χ2v) is 17.3. The molecular weight excluding hydrogens is 761 g/mol. The fourth-order valence-corrected chi connectivity index (χ4v) is 8.35. The summed E-state index contributed by atoms with van der Waals surface area (Å²) >= 11 is 0. The van der Waals surface area contributed by atoms with Crippen molar-refractivity contribution in [3.8, 4) is 22.3 Å². The van der Waals surface area contributed by atoms with E-state index in [4.69, 9.17) is 19.4 Å². The first-order chi connectivity index (χ1) is 28.7. The highest BCUT2D eigenvalue weighted by molar-refractivity contribution is 5.88. The van der Waals surface area contributed by atoms with E-state index in [0.717, 1.165) is 81.7 Å². The molecule has 14 heteroatoms. The molecule has 0 aliphatic carbocycles. The summed E-state index contributed by atoms with van der Waals surface area (Å²) in [6.07, 6.45) is 1.49. The molecule has 3 aromatic carbocycles. The molecule has 2 aromatic heterocycles. The van der Waals surface area contributed by atoms with E-state index in [0.29, 0.717) is 13.1 Å². The van der Waals surface area contributed by atoms with Crippen LogP contribution in [0.5, 0.6) is 0 Å². The average molecular weight is 819 g/mol. The van der Waals surface area contributed by atoms with Crippen molar-refractivity contribution in [1.29, 1.82) is 0 Å². The van der Waals surface area contributed by atoms with Gasteiger partial charge in [0.05, 0.1) is 46.4 Å². The van der Waals surface area contributed by atoms with Crippen molar-refractivity contribution >= 4 is 46.1 Å². The van der Waals surface area contributed by atoms with Crippen molar-refractivity contribution in [3.63, 3.8) is 0 Å². The third-order valence-electron chi connectivity index (χ3n) is 11.4. The molecule has 60 heavy (non-hydrogen) atoms. The van der Waals surface area contributed by atoms with Gasteiger partial charge in [-0.25, -0.2) is 19.6 Å². The number of amides is 4. The van der Waals surface area contributed by atoms with E-state index in [1.807, 2.05) is 49.6 Å². The lowest BCUT2D eigenvalue weighted by Gasteiger charge is -2.30. The summed E-state index contributed by atoms with van der Waals surface area (Å²) in [6, 6.07) is 18.9. The van der Waals surface area contributed by atoms with Gasteiger partial charge in [-0.2, -0.15) is 0 Å². The Kier molecular flexibility index (Phi) is 12.5. The lowest BCUT2D eigenvalue weighted by molar-refractivity contribution is -0.136. The molecule has 2 aliphatic heterocycles. The van der Waals surface area contributed by atoms with Crippen LogP contribution >= 0.6 is 0 Å². The predicted molar refractivity (Wildman–Crippen MR) is 231 cm³/mol. The third-order valence-corrected chi connectivity index (χ3v) is 11.4. The standard InChI is InChI=1S/C46H58N8O6/c1-25(2)39(51-45(57)59-27(5)6)43(55)53-21-9-11-37(53)41-47-33-19-17-31(23-35(33)49-41)29-13-15-30(16-14-29)32-18-20-34-36(24-32)50-42(48-34)38-12-10-22-54(38)44(56)40(26(3)4)52-46(58)60-28(7)8/h13-20,23-28,37-40H,9-12,21-22H2,1-8H3,(H,47,49)(H,48,50)(H,51,57)(H,52,58). The van der Waals surface area contributed by atoms with Gasteiger partial charge in [0.25, 0.3) is 0 Å². The number of aromatic nitrogens is 4. The monoisotopic (exact) mass is 818 g/mol. The van der Waals surface area contributed by atoms with Crippen LogP contribution < -0.4 is 10.6 Å². The van der Waals surface area contributed by atoms with Crippen LogP contribution in [0.15, 0.2) is 60.7 Å². The van der Waals surface area contributed by atoms with Crippen LogP contribution in [0.4, 0.5) is 9.59 Å². The smallest absolute Gasteiger partial charge is 0.408 e. The zero-order chi connectivity index (χ0) is 42.8. The third kappa shape index (κ3) is 9.12. The van der Waals surface area contributed by atoms with Crippen molar-refractivity contribution in [2.24, 2.45) is 11.8 Å². The van der Waals surface area contributed by atoms with Gasteiger partial charge >= 0.3 is 12.2 Å². The van der Waals surface area contributed by atoms with Crippen molar-refractivity contribution in [2.75, 3.05) is 13.1 Å². The maximum atomic E-state index is 13.8. The van der Waals surface area contributed by atoms with Crippen LogP contribution in [0.25, 0.3) is 44.3 Å². The summed E-state index contributed by atoms with van der Waals surface area (Å²) in [4.78, 5) is 73.0. The minimum absolute atomic E-state index is 0.118. The Balaban J connectivity index is 1.05. The summed E-state index contributed by atoms with van der Waals surface area (Å²) in [7, 11) is 0. The zero-order valence-electron chi connectivity index (χ0n) is 35.9. The first kappa shape index (κ1) is 42.2. The summed E-state index contributed by atoms with van der Waals surface area (Å²) in [6.45, 7) is 16.0. The number of likely N-dealkylation sites (tertiary alicyclic amines) is 2. The highest BCUT2D eigenvalue weighted by Gasteiger charge is 2.39. The van der Waals surface area contributed by atoms with Gasteiger partial charge in [0.15, 0.2) is 0 Å². The summed E-state index contributed by atoms with van der Waals surface area (Å²) in [5.41, 5.74) is 7.59. The number of carbonyl (C=O) groups is 4. The summed E-state index contributed by atoms with van der Waals surface area (Å²) < 4.78 is 10.5. The van der Waals surface area contributed by atoms with E-state index in [9.17, 15) is 19.2 Å². The van der Waals surface area contributed by atoms with Crippen molar-refractivity contribution < 1.29 is 28.7 Å².